The number of halogens is 2. The summed E-state index contributed by atoms with van der Waals surface area (Å²) in [5, 5.41) is 9.49. The van der Waals surface area contributed by atoms with Gasteiger partial charge in [-0.05, 0) is 42.6 Å². The van der Waals surface area contributed by atoms with Gasteiger partial charge in [-0.2, -0.15) is 0 Å². The largest absolute Gasteiger partial charge is 0.373 e. The second kappa shape index (κ2) is 8.68. The van der Waals surface area contributed by atoms with Gasteiger partial charge in [-0.1, -0.05) is 29.8 Å². The number of aryl methyl sites for hydroxylation is 1. The van der Waals surface area contributed by atoms with Crippen molar-refractivity contribution in [2.24, 2.45) is 0 Å². The predicted octanol–water partition coefficient (Wildman–Crippen LogP) is 5.17. The number of benzene rings is 2. The van der Waals surface area contributed by atoms with Crippen molar-refractivity contribution in [2.45, 2.75) is 6.92 Å². The van der Waals surface area contributed by atoms with E-state index in [2.05, 4.69) is 20.9 Å². The number of nitrogens with zero attached hydrogens (tertiary/aromatic N) is 2. The average molecular weight is 452 g/mol. The molecule has 0 unspecified atom stereocenters. The third-order valence-corrected chi connectivity index (χ3v) is 5.28. The standard InChI is InChI=1S/C23H19ClFN5O2/c1-13-16-8-21(26-2)27-11-14(16)12-30(22(13)31)20-10-19(18(25)9-17(20)24)29-23(32)28-15-6-4-3-5-7-15/h3-12,26H,1-2H3,(H2,28,29,32). The molecule has 0 radical (unpaired) electrons. The smallest absolute Gasteiger partial charge is 0.323 e. The fourth-order valence-corrected chi connectivity index (χ4v) is 3.57. The zero-order valence-corrected chi connectivity index (χ0v) is 18.0. The number of carbonyl (C=O) groups excluding carboxylic acids is 1. The number of carbonyl (C=O) groups is 1. The lowest BCUT2D eigenvalue weighted by atomic mass is 10.1. The molecule has 0 fully saturated rings. The first kappa shape index (κ1) is 21.3. The molecule has 3 N–H and O–H groups in total. The van der Waals surface area contributed by atoms with E-state index in [-0.39, 0.29) is 22.0 Å². The minimum Gasteiger partial charge on any atom is -0.373 e. The van der Waals surface area contributed by atoms with Crippen molar-refractivity contribution in [1.82, 2.24) is 9.55 Å². The summed E-state index contributed by atoms with van der Waals surface area (Å²) in [6, 6.07) is 12.3. The van der Waals surface area contributed by atoms with Crippen molar-refractivity contribution in [3.8, 4) is 5.69 Å². The van der Waals surface area contributed by atoms with Crippen LogP contribution < -0.4 is 21.5 Å². The molecule has 0 spiro atoms. The second-order valence-corrected chi connectivity index (χ2v) is 7.47. The molecule has 0 aliphatic carbocycles. The van der Waals surface area contributed by atoms with Crippen LogP contribution in [0.2, 0.25) is 5.02 Å². The lowest BCUT2D eigenvalue weighted by molar-refractivity contribution is 0.262. The second-order valence-electron chi connectivity index (χ2n) is 7.06. The molecule has 0 saturated heterocycles. The van der Waals surface area contributed by atoms with E-state index in [1.54, 1.807) is 56.7 Å². The maximum Gasteiger partial charge on any atom is 0.323 e. The Bertz CT molecular complexity index is 1390. The summed E-state index contributed by atoms with van der Waals surface area (Å²) < 4.78 is 15.9. The summed E-state index contributed by atoms with van der Waals surface area (Å²) in [6.07, 6.45) is 3.22. The first-order chi connectivity index (χ1) is 15.4. The van der Waals surface area contributed by atoms with Crippen LogP contribution in [0.4, 0.5) is 26.4 Å². The third kappa shape index (κ3) is 4.13. The first-order valence-electron chi connectivity index (χ1n) is 9.69. The molecular weight excluding hydrogens is 433 g/mol. The van der Waals surface area contributed by atoms with E-state index in [0.717, 1.165) is 11.5 Å². The molecule has 0 bridgehead atoms. The molecule has 2 aromatic carbocycles. The number of amides is 2. The monoisotopic (exact) mass is 451 g/mol. The Kier molecular flexibility index (Phi) is 5.79. The van der Waals surface area contributed by atoms with E-state index in [1.807, 2.05) is 6.07 Å². The Labute approximate surface area is 187 Å². The highest BCUT2D eigenvalue weighted by molar-refractivity contribution is 6.32. The Hall–Kier alpha value is -3.91. The van der Waals surface area contributed by atoms with E-state index in [4.69, 9.17) is 11.6 Å². The molecule has 4 rings (SSSR count). The number of hydrogen-bond donors (Lipinski definition) is 3. The lowest BCUT2D eigenvalue weighted by Gasteiger charge is -2.15. The Morgan fingerprint density at radius 2 is 1.88 bits per heavy atom. The van der Waals surface area contributed by atoms with Gasteiger partial charge in [0.15, 0.2) is 0 Å². The summed E-state index contributed by atoms with van der Waals surface area (Å²) in [5.74, 6) is -0.0960. The number of pyridine rings is 2. The highest BCUT2D eigenvalue weighted by Gasteiger charge is 2.16. The molecule has 9 heteroatoms. The molecule has 0 aliphatic rings. The normalized spacial score (nSPS) is 10.8. The first-order valence-corrected chi connectivity index (χ1v) is 10.1. The number of anilines is 3. The van der Waals surface area contributed by atoms with Crippen LogP contribution in [0.5, 0.6) is 0 Å². The number of fused-ring (bicyclic) bond motifs is 1. The minimum absolute atomic E-state index is 0.0252. The van der Waals surface area contributed by atoms with Crippen LogP contribution in [0.1, 0.15) is 5.56 Å². The van der Waals surface area contributed by atoms with Gasteiger partial charge in [0.1, 0.15) is 11.6 Å². The van der Waals surface area contributed by atoms with E-state index in [1.165, 1.54) is 10.6 Å². The highest BCUT2D eigenvalue weighted by Crippen LogP contribution is 2.28. The molecule has 2 heterocycles. The van der Waals surface area contributed by atoms with Crippen molar-refractivity contribution in [3.05, 3.63) is 87.7 Å². The van der Waals surface area contributed by atoms with Crippen molar-refractivity contribution in [2.75, 3.05) is 23.0 Å². The van der Waals surface area contributed by atoms with E-state index in [9.17, 15) is 14.0 Å². The van der Waals surface area contributed by atoms with Gasteiger partial charge in [0.25, 0.3) is 5.56 Å². The van der Waals surface area contributed by atoms with Crippen molar-refractivity contribution in [3.63, 3.8) is 0 Å². The fourth-order valence-electron chi connectivity index (χ4n) is 3.33. The van der Waals surface area contributed by atoms with Crippen LogP contribution in [0.3, 0.4) is 0 Å². The quantitative estimate of drug-likeness (QED) is 0.399. The van der Waals surface area contributed by atoms with Crippen LogP contribution in [0, 0.1) is 12.7 Å². The number of para-hydroxylation sites is 1. The average Bonchev–Trinajstić information content (AvgIpc) is 2.78. The van der Waals surface area contributed by atoms with Crippen molar-refractivity contribution < 1.29 is 9.18 Å². The van der Waals surface area contributed by atoms with E-state index in [0.29, 0.717) is 22.5 Å². The zero-order valence-electron chi connectivity index (χ0n) is 17.2. The topological polar surface area (TPSA) is 88.0 Å². The molecule has 7 nitrogen and oxygen atoms in total. The SMILES string of the molecule is CNc1cc2c(C)c(=O)n(-c3cc(NC(=O)Nc4ccccc4)c(F)cc3Cl)cc2cn1. The fraction of sp³-hybridized carbons (Fsp3) is 0.0870. The summed E-state index contributed by atoms with van der Waals surface area (Å²) in [6.45, 7) is 1.70. The minimum atomic E-state index is -0.729. The number of aromatic nitrogens is 2. The third-order valence-electron chi connectivity index (χ3n) is 4.98. The van der Waals surface area contributed by atoms with E-state index < -0.39 is 11.8 Å². The van der Waals surface area contributed by atoms with Crippen LogP contribution in [0.25, 0.3) is 16.5 Å². The Balaban J connectivity index is 1.74. The van der Waals surface area contributed by atoms with Crippen LogP contribution in [0.15, 0.2) is 65.7 Å². The van der Waals surface area contributed by atoms with Crippen LogP contribution in [-0.2, 0) is 0 Å². The zero-order chi connectivity index (χ0) is 22.8. The number of nitrogens with one attached hydrogen (secondary N) is 3. The molecule has 2 amide bonds. The molecular formula is C23H19ClFN5O2. The van der Waals surface area contributed by atoms with Gasteiger partial charge in [-0.25, -0.2) is 14.2 Å². The number of hydrogen-bond acceptors (Lipinski definition) is 4. The number of urea groups is 1. The van der Waals surface area contributed by atoms with Crippen molar-refractivity contribution in [1.29, 1.82) is 0 Å². The Morgan fingerprint density at radius 3 is 2.59 bits per heavy atom. The van der Waals surface area contributed by atoms with Gasteiger partial charge < -0.3 is 16.0 Å². The van der Waals surface area contributed by atoms with Crippen LogP contribution in [-0.4, -0.2) is 22.6 Å². The molecule has 0 atom stereocenters. The van der Waals surface area contributed by atoms with Gasteiger partial charge in [-0.3, -0.25) is 9.36 Å². The molecule has 0 aliphatic heterocycles. The van der Waals surface area contributed by atoms with Crippen LogP contribution >= 0.6 is 11.6 Å². The van der Waals surface area contributed by atoms with Crippen molar-refractivity contribution >= 4 is 45.6 Å². The molecule has 4 aromatic rings. The summed E-state index contributed by atoms with van der Waals surface area (Å²) in [5.41, 5.74) is 0.827. The van der Waals surface area contributed by atoms with Gasteiger partial charge >= 0.3 is 6.03 Å². The Morgan fingerprint density at radius 1 is 1.12 bits per heavy atom. The predicted molar refractivity (Wildman–Crippen MR) is 126 cm³/mol. The maximum absolute atomic E-state index is 14.5. The number of rotatable bonds is 4. The maximum atomic E-state index is 14.5. The summed E-state index contributed by atoms with van der Waals surface area (Å²) >= 11 is 6.27. The molecule has 162 valence electrons. The molecule has 0 saturated carbocycles. The summed E-state index contributed by atoms with van der Waals surface area (Å²) in [7, 11) is 1.74. The van der Waals surface area contributed by atoms with Gasteiger partial charge in [0, 0.05) is 36.1 Å². The van der Waals surface area contributed by atoms with Gasteiger partial charge in [0.05, 0.1) is 16.4 Å². The van der Waals surface area contributed by atoms with E-state index >= 15 is 0 Å². The van der Waals surface area contributed by atoms with Gasteiger partial charge in [0.2, 0.25) is 0 Å². The highest BCUT2D eigenvalue weighted by atomic mass is 35.5. The molecule has 2 aromatic heterocycles. The summed E-state index contributed by atoms with van der Waals surface area (Å²) in [4.78, 5) is 29.7. The lowest BCUT2D eigenvalue weighted by Crippen LogP contribution is -2.22. The van der Waals surface area contributed by atoms with Gasteiger partial charge in [-0.15, -0.1) is 0 Å². The molecule has 32 heavy (non-hydrogen) atoms.